The quantitative estimate of drug-likeness (QED) is 0.803. The monoisotopic (exact) mass is 268 g/mol. The molecule has 0 radical (unpaired) electrons. The number of H-pyrrole nitrogens is 1. The molecule has 2 rings (SSSR count). The average molecular weight is 268 g/mol. The number of aromatic amines is 1. The number of thiazole rings is 1. The molecule has 2 aromatic rings. The summed E-state index contributed by atoms with van der Waals surface area (Å²) in [4.78, 5) is 16.4. The largest absolute Gasteiger partial charge is 0.465 e. The van der Waals surface area contributed by atoms with Gasteiger partial charge in [0.05, 0.1) is 31.2 Å². The van der Waals surface area contributed by atoms with Gasteiger partial charge in [-0.15, -0.1) is 11.3 Å². The molecule has 2 aromatic heterocycles. The number of nitrogens with two attached hydrogens (primary N) is 1. The van der Waals surface area contributed by atoms with Crippen molar-refractivity contribution in [3.8, 4) is 10.6 Å². The van der Waals surface area contributed by atoms with E-state index in [2.05, 4.69) is 15.2 Å². The van der Waals surface area contributed by atoms with E-state index in [-0.39, 0.29) is 6.61 Å². The second-order valence-corrected chi connectivity index (χ2v) is 4.42. The van der Waals surface area contributed by atoms with Gasteiger partial charge >= 0.3 is 5.97 Å². The first-order valence-electron chi connectivity index (χ1n) is 5.03. The first-order chi connectivity index (χ1) is 8.67. The maximum atomic E-state index is 11.6. The third-order valence-corrected chi connectivity index (χ3v) is 3.36. The predicted molar refractivity (Wildman–Crippen MR) is 66.2 cm³/mol. The molecule has 3 N–H and O–H groups in total. The van der Waals surface area contributed by atoms with E-state index in [1.807, 2.05) is 0 Å². The van der Waals surface area contributed by atoms with E-state index in [0.717, 1.165) is 0 Å². The van der Waals surface area contributed by atoms with Gasteiger partial charge in [-0.25, -0.2) is 9.78 Å². The minimum Gasteiger partial charge on any atom is -0.465 e. The number of anilines is 1. The minimum absolute atomic E-state index is 0.235. The highest BCUT2D eigenvalue weighted by Gasteiger charge is 2.20. The highest BCUT2D eigenvalue weighted by atomic mass is 32.1. The molecule has 0 saturated heterocycles. The van der Waals surface area contributed by atoms with E-state index in [1.165, 1.54) is 25.6 Å². The van der Waals surface area contributed by atoms with Gasteiger partial charge in [-0.05, 0) is 0 Å². The van der Waals surface area contributed by atoms with Crippen LogP contribution in [0, 0.1) is 0 Å². The average Bonchev–Trinajstić information content (AvgIpc) is 2.95. The summed E-state index contributed by atoms with van der Waals surface area (Å²) >= 11 is 1.20. The Morgan fingerprint density at radius 2 is 2.33 bits per heavy atom. The maximum absolute atomic E-state index is 11.6. The lowest BCUT2D eigenvalue weighted by molar-refractivity contribution is 0.0601. The Kier molecular flexibility index (Phi) is 3.58. The lowest BCUT2D eigenvalue weighted by Gasteiger charge is -1.97. The number of rotatable bonds is 4. The second kappa shape index (κ2) is 5.15. The fraction of sp³-hybridized carbons (Fsp3) is 0.300. The Morgan fingerprint density at radius 1 is 1.56 bits per heavy atom. The maximum Gasteiger partial charge on any atom is 0.350 e. The Labute approximate surface area is 107 Å². The zero-order chi connectivity index (χ0) is 13.1. The number of hydrogen-bond donors (Lipinski definition) is 2. The summed E-state index contributed by atoms with van der Waals surface area (Å²) in [6, 6.07) is 0. The van der Waals surface area contributed by atoms with Gasteiger partial charge in [0.15, 0.2) is 0 Å². The summed E-state index contributed by atoms with van der Waals surface area (Å²) in [5.74, 6) is -0.0306. The number of esters is 1. The van der Waals surface area contributed by atoms with Crippen molar-refractivity contribution in [2.45, 2.75) is 6.61 Å². The Balaban J connectivity index is 2.45. The molecule has 0 spiro atoms. The Morgan fingerprint density at radius 3 is 2.89 bits per heavy atom. The smallest absolute Gasteiger partial charge is 0.350 e. The van der Waals surface area contributed by atoms with E-state index in [1.54, 1.807) is 6.20 Å². The zero-order valence-corrected chi connectivity index (χ0v) is 10.7. The van der Waals surface area contributed by atoms with E-state index in [9.17, 15) is 4.79 Å². The minimum atomic E-state index is -0.437. The number of aromatic nitrogens is 3. The number of nitrogen functional groups attached to an aromatic ring is 1. The lowest BCUT2D eigenvalue weighted by atomic mass is 10.3. The number of nitrogens with one attached hydrogen (secondary N) is 1. The van der Waals surface area contributed by atoms with Crippen LogP contribution in [0.25, 0.3) is 10.6 Å². The Hall–Kier alpha value is -1.93. The number of carbonyl (C=O) groups excluding carboxylic acids is 1. The van der Waals surface area contributed by atoms with Crippen LogP contribution < -0.4 is 5.73 Å². The first-order valence-corrected chi connectivity index (χ1v) is 5.85. The van der Waals surface area contributed by atoms with Crippen molar-refractivity contribution >= 4 is 23.1 Å². The number of methoxy groups -OCH3 is 2. The van der Waals surface area contributed by atoms with Crippen LogP contribution in [0.1, 0.15) is 15.4 Å². The highest BCUT2D eigenvalue weighted by molar-refractivity contribution is 7.17. The molecule has 0 aromatic carbocycles. The third kappa shape index (κ3) is 2.20. The molecule has 0 fully saturated rings. The van der Waals surface area contributed by atoms with Crippen molar-refractivity contribution in [2.75, 3.05) is 20.0 Å². The molecule has 18 heavy (non-hydrogen) atoms. The molecule has 0 bridgehead atoms. The van der Waals surface area contributed by atoms with Gasteiger partial charge in [0.25, 0.3) is 0 Å². The Bertz CT molecular complexity index is 563. The molecule has 0 atom stereocenters. The van der Waals surface area contributed by atoms with Crippen molar-refractivity contribution in [1.29, 1.82) is 0 Å². The molecule has 2 heterocycles. The number of ether oxygens (including phenoxy) is 2. The molecule has 0 aliphatic heterocycles. The van der Waals surface area contributed by atoms with Crippen LogP contribution in [0.3, 0.4) is 0 Å². The molecule has 7 nitrogen and oxygen atoms in total. The summed E-state index contributed by atoms with van der Waals surface area (Å²) in [6.45, 7) is 0.235. The van der Waals surface area contributed by atoms with Gasteiger partial charge < -0.3 is 15.2 Å². The molecule has 0 aliphatic rings. The normalized spacial score (nSPS) is 10.6. The molecule has 0 aliphatic carbocycles. The second-order valence-electron chi connectivity index (χ2n) is 3.42. The molecule has 0 amide bonds. The molecule has 0 unspecified atom stereocenters. The topological polar surface area (TPSA) is 103 Å². The summed E-state index contributed by atoms with van der Waals surface area (Å²) in [5.41, 5.74) is 6.91. The van der Waals surface area contributed by atoms with E-state index in [4.69, 9.17) is 15.2 Å². The van der Waals surface area contributed by atoms with Gasteiger partial charge in [-0.2, -0.15) is 5.10 Å². The molecule has 96 valence electrons. The lowest BCUT2D eigenvalue weighted by Crippen LogP contribution is -2.03. The van der Waals surface area contributed by atoms with Crippen LogP contribution in [0.15, 0.2) is 6.20 Å². The number of hydrogen-bond acceptors (Lipinski definition) is 7. The fourth-order valence-electron chi connectivity index (χ4n) is 1.42. The predicted octanol–water partition coefficient (Wildman–Crippen LogP) is 1.05. The molecular formula is C10H12N4O3S. The summed E-state index contributed by atoms with van der Waals surface area (Å²) in [5, 5.41) is 7.04. The van der Waals surface area contributed by atoms with Gasteiger partial charge in [-0.3, -0.25) is 5.10 Å². The number of carbonyl (C=O) groups is 1. The highest BCUT2D eigenvalue weighted by Crippen LogP contribution is 2.31. The SMILES string of the molecule is COCc1nc(-c2cn[nH]c2N)sc1C(=O)OC. The van der Waals surface area contributed by atoms with Crippen molar-refractivity contribution in [3.63, 3.8) is 0 Å². The first kappa shape index (κ1) is 12.5. The zero-order valence-electron chi connectivity index (χ0n) is 9.89. The van der Waals surface area contributed by atoms with Crippen molar-refractivity contribution in [3.05, 3.63) is 16.8 Å². The summed E-state index contributed by atoms with van der Waals surface area (Å²) in [7, 11) is 2.86. The van der Waals surface area contributed by atoms with Crippen molar-refractivity contribution in [2.24, 2.45) is 0 Å². The number of nitrogens with zero attached hydrogens (tertiary/aromatic N) is 2. The standard InChI is InChI=1S/C10H12N4O3S/c1-16-4-6-7(10(15)17-2)18-9(13-6)5-3-12-14-8(5)11/h3H,4H2,1-2H3,(H3,11,12,14). The summed E-state index contributed by atoms with van der Waals surface area (Å²) in [6.07, 6.45) is 1.56. The van der Waals surface area contributed by atoms with E-state index >= 15 is 0 Å². The van der Waals surface area contributed by atoms with Crippen LogP contribution in [-0.4, -0.2) is 35.4 Å². The fourth-order valence-corrected chi connectivity index (χ4v) is 2.43. The van der Waals surface area contributed by atoms with Gasteiger partial charge in [0.1, 0.15) is 15.7 Å². The third-order valence-electron chi connectivity index (χ3n) is 2.25. The van der Waals surface area contributed by atoms with Crippen LogP contribution in [0.2, 0.25) is 0 Å². The molecular weight excluding hydrogens is 256 g/mol. The van der Waals surface area contributed by atoms with E-state index in [0.29, 0.717) is 27.0 Å². The van der Waals surface area contributed by atoms with Crippen LogP contribution in [-0.2, 0) is 16.1 Å². The van der Waals surface area contributed by atoms with Gasteiger partial charge in [-0.1, -0.05) is 0 Å². The van der Waals surface area contributed by atoms with Gasteiger partial charge in [0.2, 0.25) is 0 Å². The van der Waals surface area contributed by atoms with Crippen molar-refractivity contribution in [1.82, 2.24) is 15.2 Å². The van der Waals surface area contributed by atoms with Crippen LogP contribution >= 0.6 is 11.3 Å². The van der Waals surface area contributed by atoms with Gasteiger partial charge in [0, 0.05) is 7.11 Å². The van der Waals surface area contributed by atoms with Crippen LogP contribution in [0.5, 0.6) is 0 Å². The molecule has 8 heteroatoms. The van der Waals surface area contributed by atoms with Crippen molar-refractivity contribution < 1.29 is 14.3 Å². The van der Waals surface area contributed by atoms with E-state index < -0.39 is 5.97 Å². The molecule has 0 saturated carbocycles. The van der Waals surface area contributed by atoms with Crippen LogP contribution in [0.4, 0.5) is 5.82 Å². The summed E-state index contributed by atoms with van der Waals surface area (Å²) < 4.78 is 9.71.